The zero-order chi connectivity index (χ0) is 18.3. The van der Waals surface area contributed by atoms with Crippen LogP contribution in [-0.4, -0.2) is 41.9 Å². The molecular formula is C21H27NO4. The highest BCUT2D eigenvalue weighted by atomic mass is 16.7. The summed E-state index contributed by atoms with van der Waals surface area (Å²) in [6, 6.07) is 8.74. The molecule has 2 saturated heterocycles. The van der Waals surface area contributed by atoms with E-state index in [-0.39, 0.29) is 24.5 Å². The molecule has 0 radical (unpaired) electrons. The molecule has 1 amide bonds. The molecule has 4 rings (SSSR count). The summed E-state index contributed by atoms with van der Waals surface area (Å²) in [4.78, 5) is 14.5. The van der Waals surface area contributed by atoms with Crippen molar-refractivity contribution < 1.29 is 19.0 Å². The maximum Gasteiger partial charge on any atom is 0.411 e. The fourth-order valence-electron chi connectivity index (χ4n) is 4.08. The topological polar surface area (TPSA) is 48.0 Å². The molecule has 140 valence electrons. The van der Waals surface area contributed by atoms with Gasteiger partial charge < -0.3 is 14.2 Å². The molecule has 0 spiro atoms. The van der Waals surface area contributed by atoms with Crippen molar-refractivity contribution in [2.24, 2.45) is 0 Å². The number of hydrogen-bond donors (Lipinski definition) is 0. The Morgan fingerprint density at radius 3 is 2.65 bits per heavy atom. The van der Waals surface area contributed by atoms with Crippen molar-refractivity contribution in [3.05, 3.63) is 41.5 Å². The second-order valence-electron chi connectivity index (χ2n) is 8.28. The van der Waals surface area contributed by atoms with Gasteiger partial charge in [-0.1, -0.05) is 24.3 Å². The predicted octanol–water partition coefficient (Wildman–Crippen LogP) is 4.29. The molecular weight excluding hydrogens is 330 g/mol. The zero-order valence-corrected chi connectivity index (χ0v) is 15.7. The lowest BCUT2D eigenvalue weighted by Gasteiger charge is -2.35. The number of rotatable bonds is 2. The SMILES string of the molecule is CC(C)(C)OC(=O)N1C2C=C(c3cccc(C4OCCO4)c3)CC1CC2. The molecule has 0 aliphatic carbocycles. The minimum absolute atomic E-state index is 0.126. The van der Waals surface area contributed by atoms with E-state index in [1.54, 1.807) is 0 Å². The highest BCUT2D eigenvalue weighted by Crippen LogP contribution is 2.40. The first-order valence-electron chi connectivity index (χ1n) is 9.46. The molecule has 1 aromatic rings. The standard InChI is InChI=1S/C21H27NO4/c1-21(2,3)26-20(23)22-17-7-8-18(22)13-16(12-17)14-5-4-6-15(11-14)19-24-9-10-25-19/h4-6,11-12,17-19H,7-10,13H2,1-3H3. The summed E-state index contributed by atoms with van der Waals surface area (Å²) in [6.07, 6.45) is 4.69. The number of hydrogen-bond acceptors (Lipinski definition) is 4. The van der Waals surface area contributed by atoms with Gasteiger partial charge in [0, 0.05) is 11.6 Å². The largest absolute Gasteiger partial charge is 0.444 e. The van der Waals surface area contributed by atoms with E-state index in [9.17, 15) is 4.79 Å². The molecule has 2 bridgehead atoms. The molecule has 2 atom stereocenters. The molecule has 0 aromatic heterocycles. The molecule has 2 fully saturated rings. The van der Waals surface area contributed by atoms with Crippen molar-refractivity contribution in [1.29, 1.82) is 0 Å². The van der Waals surface area contributed by atoms with Crippen LogP contribution in [0.25, 0.3) is 5.57 Å². The predicted molar refractivity (Wildman–Crippen MR) is 98.6 cm³/mol. The van der Waals surface area contributed by atoms with E-state index in [0.29, 0.717) is 13.2 Å². The average molecular weight is 357 g/mol. The van der Waals surface area contributed by atoms with Crippen molar-refractivity contribution in [3.8, 4) is 0 Å². The van der Waals surface area contributed by atoms with Crippen LogP contribution in [0.2, 0.25) is 0 Å². The van der Waals surface area contributed by atoms with Gasteiger partial charge in [-0.15, -0.1) is 0 Å². The molecule has 2 unspecified atom stereocenters. The molecule has 3 aliphatic heterocycles. The molecule has 0 N–H and O–H groups in total. The Labute approximate surface area is 154 Å². The minimum Gasteiger partial charge on any atom is -0.444 e. The van der Waals surface area contributed by atoms with Gasteiger partial charge in [0.15, 0.2) is 6.29 Å². The van der Waals surface area contributed by atoms with Gasteiger partial charge in [-0.3, -0.25) is 4.90 Å². The van der Waals surface area contributed by atoms with Crippen LogP contribution in [0.3, 0.4) is 0 Å². The molecule has 1 aromatic carbocycles. The van der Waals surface area contributed by atoms with E-state index in [1.807, 2.05) is 31.7 Å². The first-order valence-corrected chi connectivity index (χ1v) is 9.46. The van der Waals surface area contributed by atoms with Gasteiger partial charge in [0.2, 0.25) is 0 Å². The summed E-state index contributed by atoms with van der Waals surface area (Å²) >= 11 is 0. The third-order valence-electron chi connectivity index (χ3n) is 5.15. The summed E-state index contributed by atoms with van der Waals surface area (Å²) < 4.78 is 16.8. The third kappa shape index (κ3) is 3.51. The smallest absolute Gasteiger partial charge is 0.411 e. The van der Waals surface area contributed by atoms with E-state index in [1.165, 1.54) is 11.1 Å². The van der Waals surface area contributed by atoms with E-state index >= 15 is 0 Å². The summed E-state index contributed by atoms with van der Waals surface area (Å²) in [5, 5.41) is 0. The molecule has 26 heavy (non-hydrogen) atoms. The fourth-order valence-corrected chi connectivity index (χ4v) is 4.08. The third-order valence-corrected chi connectivity index (χ3v) is 5.15. The highest BCUT2D eigenvalue weighted by molar-refractivity contribution is 5.75. The van der Waals surface area contributed by atoms with Crippen LogP contribution >= 0.6 is 0 Å². The van der Waals surface area contributed by atoms with Crippen LogP contribution in [0.1, 0.15) is 57.5 Å². The van der Waals surface area contributed by atoms with Gasteiger partial charge in [0.05, 0.1) is 19.3 Å². The Hall–Kier alpha value is -1.85. The van der Waals surface area contributed by atoms with Crippen molar-refractivity contribution >= 4 is 11.7 Å². The Morgan fingerprint density at radius 2 is 1.96 bits per heavy atom. The Bertz CT molecular complexity index is 715. The number of carbonyl (C=O) groups excluding carboxylic acids is 1. The summed E-state index contributed by atoms with van der Waals surface area (Å²) in [5.41, 5.74) is 3.10. The first kappa shape index (κ1) is 17.6. The Balaban J connectivity index is 1.54. The summed E-state index contributed by atoms with van der Waals surface area (Å²) in [6.45, 7) is 7.03. The van der Waals surface area contributed by atoms with Crippen LogP contribution in [0.4, 0.5) is 4.79 Å². The second kappa shape index (κ2) is 6.71. The van der Waals surface area contributed by atoms with Crippen LogP contribution in [0, 0.1) is 0 Å². The molecule has 3 aliphatic rings. The second-order valence-corrected chi connectivity index (χ2v) is 8.28. The Morgan fingerprint density at radius 1 is 1.19 bits per heavy atom. The quantitative estimate of drug-likeness (QED) is 0.792. The summed E-state index contributed by atoms with van der Waals surface area (Å²) in [5.74, 6) is 0. The Kier molecular flexibility index (Phi) is 4.53. The van der Waals surface area contributed by atoms with Crippen LogP contribution < -0.4 is 0 Å². The van der Waals surface area contributed by atoms with Crippen LogP contribution in [0.15, 0.2) is 30.3 Å². The lowest BCUT2D eigenvalue weighted by atomic mass is 9.94. The van der Waals surface area contributed by atoms with Crippen molar-refractivity contribution in [3.63, 3.8) is 0 Å². The van der Waals surface area contributed by atoms with Gasteiger partial charge in [-0.2, -0.15) is 0 Å². The number of benzene rings is 1. The monoisotopic (exact) mass is 357 g/mol. The lowest BCUT2D eigenvalue weighted by Crippen LogP contribution is -2.45. The van der Waals surface area contributed by atoms with Crippen molar-refractivity contribution in [2.45, 2.75) is 64.0 Å². The van der Waals surface area contributed by atoms with Gasteiger partial charge >= 0.3 is 6.09 Å². The molecule has 3 heterocycles. The highest BCUT2D eigenvalue weighted by Gasteiger charge is 2.41. The molecule has 0 saturated carbocycles. The van der Waals surface area contributed by atoms with E-state index < -0.39 is 5.60 Å². The number of amides is 1. The summed E-state index contributed by atoms with van der Waals surface area (Å²) in [7, 11) is 0. The maximum absolute atomic E-state index is 12.6. The van der Waals surface area contributed by atoms with Gasteiger partial charge in [0.25, 0.3) is 0 Å². The van der Waals surface area contributed by atoms with E-state index in [4.69, 9.17) is 14.2 Å². The number of ether oxygens (including phenoxy) is 3. The number of nitrogens with zero attached hydrogens (tertiary/aromatic N) is 1. The van der Waals surface area contributed by atoms with Crippen LogP contribution in [-0.2, 0) is 14.2 Å². The minimum atomic E-state index is -0.462. The molecule has 5 heteroatoms. The molecule has 5 nitrogen and oxygen atoms in total. The average Bonchev–Trinajstić information content (AvgIpc) is 3.20. The fraction of sp³-hybridized carbons (Fsp3) is 0.571. The van der Waals surface area contributed by atoms with E-state index in [0.717, 1.165) is 24.8 Å². The zero-order valence-electron chi connectivity index (χ0n) is 15.7. The number of carbonyl (C=O) groups is 1. The van der Waals surface area contributed by atoms with Gasteiger partial charge in [0.1, 0.15) is 5.60 Å². The van der Waals surface area contributed by atoms with Gasteiger partial charge in [-0.05, 0) is 57.2 Å². The van der Waals surface area contributed by atoms with E-state index in [2.05, 4.69) is 24.3 Å². The normalized spacial score (nSPS) is 26.1. The van der Waals surface area contributed by atoms with Crippen molar-refractivity contribution in [2.75, 3.05) is 13.2 Å². The van der Waals surface area contributed by atoms with Crippen LogP contribution in [0.5, 0.6) is 0 Å². The lowest BCUT2D eigenvalue weighted by molar-refractivity contribution is -0.0441. The van der Waals surface area contributed by atoms with Gasteiger partial charge in [-0.25, -0.2) is 4.79 Å². The van der Waals surface area contributed by atoms with Crippen molar-refractivity contribution in [1.82, 2.24) is 4.90 Å². The number of fused-ring (bicyclic) bond motifs is 2. The maximum atomic E-state index is 12.6. The first-order chi connectivity index (χ1) is 12.4.